The van der Waals surface area contributed by atoms with E-state index in [4.69, 9.17) is 4.74 Å². The summed E-state index contributed by atoms with van der Waals surface area (Å²) in [7, 11) is 0. The Balaban J connectivity index is 1.82. The molecule has 0 radical (unpaired) electrons. The van der Waals surface area contributed by atoms with Crippen molar-refractivity contribution in [2.75, 3.05) is 0 Å². The molecule has 1 aliphatic heterocycles. The lowest BCUT2D eigenvalue weighted by molar-refractivity contribution is -0.141. The maximum absolute atomic E-state index is 13.1. The fourth-order valence-corrected chi connectivity index (χ4v) is 4.61. The van der Waals surface area contributed by atoms with Crippen LogP contribution in [-0.2, 0) is 9.59 Å². The number of carbonyl (C=O) groups is 2. The highest BCUT2D eigenvalue weighted by Crippen LogP contribution is 2.43. The average Bonchev–Trinajstić information content (AvgIpc) is 3.36. The first-order chi connectivity index (χ1) is 14.9. The Labute approximate surface area is 182 Å². The Kier molecular flexibility index (Phi) is 5.81. The minimum absolute atomic E-state index is 0.00416. The third-order valence-electron chi connectivity index (χ3n) is 6.01. The van der Waals surface area contributed by atoms with Crippen LogP contribution in [0.25, 0.3) is 5.76 Å². The first kappa shape index (κ1) is 21.1. The molecular weight excluding hydrogens is 392 g/mol. The van der Waals surface area contributed by atoms with Crippen LogP contribution in [0.5, 0.6) is 5.75 Å². The van der Waals surface area contributed by atoms with Crippen LogP contribution in [0, 0.1) is 6.92 Å². The van der Waals surface area contributed by atoms with Gasteiger partial charge in [0.05, 0.1) is 17.7 Å². The number of benzene rings is 1. The van der Waals surface area contributed by atoms with Crippen LogP contribution in [0.3, 0.4) is 0 Å². The van der Waals surface area contributed by atoms with E-state index >= 15 is 0 Å². The smallest absolute Gasteiger partial charge is 0.295 e. The van der Waals surface area contributed by atoms with Gasteiger partial charge in [0.15, 0.2) is 0 Å². The van der Waals surface area contributed by atoms with Crippen molar-refractivity contribution in [2.45, 2.75) is 64.6 Å². The first-order valence-corrected chi connectivity index (χ1v) is 10.9. The number of rotatable bonds is 5. The summed E-state index contributed by atoms with van der Waals surface area (Å²) in [6, 6.07) is 8.30. The zero-order valence-electron chi connectivity index (χ0n) is 18.2. The van der Waals surface area contributed by atoms with E-state index in [1.807, 2.05) is 26.8 Å². The van der Waals surface area contributed by atoms with Crippen LogP contribution in [-0.4, -0.2) is 38.8 Å². The molecule has 6 heteroatoms. The molecule has 2 heterocycles. The van der Waals surface area contributed by atoms with Crippen molar-refractivity contribution in [1.29, 1.82) is 0 Å². The largest absolute Gasteiger partial charge is 0.507 e. The van der Waals surface area contributed by atoms with Crippen molar-refractivity contribution >= 4 is 17.4 Å². The molecule has 1 unspecified atom stereocenters. The maximum atomic E-state index is 13.1. The molecule has 1 amide bonds. The number of ketones is 1. The molecule has 1 saturated heterocycles. The van der Waals surface area contributed by atoms with Crippen molar-refractivity contribution in [3.8, 4) is 5.75 Å². The molecule has 1 aromatic carbocycles. The number of likely N-dealkylation sites (tertiary alicyclic amines) is 1. The van der Waals surface area contributed by atoms with Crippen LogP contribution in [0.2, 0.25) is 0 Å². The number of aryl methyl sites for hydroxylation is 1. The van der Waals surface area contributed by atoms with Crippen molar-refractivity contribution in [3.05, 3.63) is 65.0 Å². The minimum Gasteiger partial charge on any atom is -0.507 e. The highest BCUT2D eigenvalue weighted by Gasteiger charge is 2.49. The lowest BCUT2D eigenvalue weighted by Gasteiger charge is -2.30. The maximum Gasteiger partial charge on any atom is 0.295 e. The number of carbonyl (C=O) groups excluding carboxylic acids is 2. The summed E-state index contributed by atoms with van der Waals surface area (Å²) < 4.78 is 5.78. The average molecular weight is 421 g/mol. The van der Waals surface area contributed by atoms with E-state index in [1.54, 1.807) is 41.6 Å². The van der Waals surface area contributed by atoms with E-state index in [1.165, 1.54) is 0 Å². The van der Waals surface area contributed by atoms with E-state index in [2.05, 4.69) is 4.98 Å². The Morgan fingerprint density at radius 3 is 2.55 bits per heavy atom. The van der Waals surface area contributed by atoms with E-state index in [-0.39, 0.29) is 23.5 Å². The quantitative estimate of drug-likeness (QED) is 0.436. The fourth-order valence-electron chi connectivity index (χ4n) is 4.61. The third kappa shape index (κ3) is 3.94. The number of amides is 1. The Morgan fingerprint density at radius 1 is 1.19 bits per heavy atom. The number of nitrogens with zero attached hydrogens (tertiary/aromatic N) is 2. The molecule has 0 spiro atoms. The molecule has 0 bridgehead atoms. The molecule has 2 fully saturated rings. The van der Waals surface area contributed by atoms with Gasteiger partial charge < -0.3 is 14.7 Å². The van der Waals surface area contributed by atoms with Gasteiger partial charge in [0, 0.05) is 24.0 Å². The van der Waals surface area contributed by atoms with Crippen molar-refractivity contribution in [3.63, 3.8) is 0 Å². The predicted octanol–water partition coefficient (Wildman–Crippen LogP) is 4.54. The molecular formula is C25H28N2O4. The van der Waals surface area contributed by atoms with Crippen molar-refractivity contribution in [2.24, 2.45) is 0 Å². The second-order valence-corrected chi connectivity index (χ2v) is 8.58. The minimum atomic E-state index is -0.640. The zero-order valence-corrected chi connectivity index (χ0v) is 18.2. The first-order valence-electron chi connectivity index (χ1n) is 10.9. The summed E-state index contributed by atoms with van der Waals surface area (Å²) in [4.78, 5) is 32.0. The molecule has 1 saturated carbocycles. The molecule has 6 nitrogen and oxygen atoms in total. The van der Waals surface area contributed by atoms with Crippen molar-refractivity contribution < 1.29 is 19.4 Å². The number of pyridine rings is 1. The van der Waals surface area contributed by atoms with Gasteiger partial charge in [-0.15, -0.1) is 0 Å². The SMILES string of the molecule is Cc1cc(/C(O)=C2/C(=O)C(=O)N(C3CCCC3)C2c2cccnc2)ccc1OC(C)C. The van der Waals surface area contributed by atoms with Crippen LogP contribution in [0.1, 0.15) is 62.3 Å². The summed E-state index contributed by atoms with van der Waals surface area (Å²) in [5.74, 6) is -0.620. The summed E-state index contributed by atoms with van der Waals surface area (Å²) >= 11 is 0. The molecule has 1 aliphatic carbocycles. The van der Waals surface area contributed by atoms with Crippen LogP contribution in [0.4, 0.5) is 0 Å². The van der Waals surface area contributed by atoms with Gasteiger partial charge in [0.1, 0.15) is 11.5 Å². The van der Waals surface area contributed by atoms with Gasteiger partial charge >= 0.3 is 0 Å². The summed E-state index contributed by atoms with van der Waals surface area (Å²) in [5.41, 5.74) is 2.20. The Bertz CT molecular complexity index is 1020. The predicted molar refractivity (Wildman–Crippen MR) is 118 cm³/mol. The van der Waals surface area contributed by atoms with Gasteiger partial charge in [0.2, 0.25) is 0 Å². The standard InChI is InChI=1S/C25H28N2O4/c1-15(2)31-20-11-10-17(13-16(20)3)23(28)21-22(18-7-6-12-26-14-18)27(25(30)24(21)29)19-8-4-5-9-19/h6-7,10-15,19,22,28H,4-5,8-9H2,1-3H3/b23-21-. The van der Waals surface area contributed by atoms with Gasteiger partial charge in [-0.25, -0.2) is 0 Å². The van der Waals surface area contributed by atoms with E-state index in [0.717, 1.165) is 42.6 Å². The molecule has 31 heavy (non-hydrogen) atoms. The Hall–Kier alpha value is -3.15. The van der Waals surface area contributed by atoms with Gasteiger partial charge in [-0.1, -0.05) is 18.9 Å². The molecule has 2 aliphatic rings. The zero-order chi connectivity index (χ0) is 22.1. The Morgan fingerprint density at radius 2 is 1.94 bits per heavy atom. The number of aliphatic hydroxyl groups excluding tert-OH is 1. The molecule has 162 valence electrons. The monoisotopic (exact) mass is 420 g/mol. The summed E-state index contributed by atoms with van der Waals surface area (Å²) in [6.45, 7) is 5.79. The molecule has 1 N–H and O–H groups in total. The summed E-state index contributed by atoms with van der Waals surface area (Å²) in [6.07, 6.45) is 7.14. The second kappa shape index (κ2) is 8.53. The van der Waals surface area contributed by atoms with Gasteiger partial charge in [0.25, 0.3) is 11.7 Å². The van der Waals surface area contributed by atoms with Gasteiger partial charge in [-0.3, -0.25) is 14.6 Å². The number of aromatic nitrogens is 1. The van der Waals surface area contributed by atoms with Gasteiger partial charge in [-0.2, -0.15) is 0 Å². The number of hydrogen-bond donors (Lipinski definition) is 1. The number of aliphatic hydroxyl groups is 1. The number of ether oxygens (including phenoxy) is 1. The fraction of sp³-hybridized carbons (Fsp3) is 0.400. The molecule has 4 rings (SSSR count). The highest BCUT2D eigenvalue weighted by molar-refractivity contribution is 6.46. The topological polar surface area (TPSA) is 79.7 Å². The van der Waals surface area contributed by atoms with E-state index < -0.39 is 17.7 Å². The molecule has 1 atom stereocenters. The van der Waals surface area contributed by atoms with E-state index in [9.17, 15) is 14.7 Å². The third-order valence-corrected chi connectivity index (χ3v) is 6.01. The number of Topliss-reactive ketones (excluding diaryl/α,β-unsaturated/α-hetero) is 1. The van der Waals surface area contributed by atoms with E-state index in [0.29, 0.717) is 5.56 Å². The van der Waals surface area contributed by atoms with Crippen LogP contribution >= 0.6 is 0 Å². The summed E-state index contributed by atoms with van der Waals surface area (Å²) in [5, 5.41) is 11.2. The highest BCUT2D eigenvalue weighted by atomic mass is 16.5. The number of hydrogen-bond acceptors (Lipinski definition) is 5. The lowest BCUT2D eigenvalue weighted by atomic mass is 9.95. The second-order valence-electron chi connectivity index (χ2n) is 8.58. The molecule has 2 aromatic rings. The normalized spacial score (nSPS) is 21.3. The van der Waals surface area contributed by atoms with Crippen molar-refractivity contribution in [1.82, 2.24) is 9.88 Å². The molecule has 1 aromatic heterocycles. The van der Waals surface area contributed by atoms with Crippen LogP contribution in [0.15, 0.2) is 48.3 Å². The lowest BCUT2D eigenvalue weighted by Crippen LogP contribution is -2.37. The van der Waals surface area contributed by atoms with Crippen LogP contribution < -0.4 is 4.74 Å². The van der Waals surface area contributed by atoms with Gasteiger partial charge in [-0.05, 0) is 69.0 Å².